The van der Waals surface area contributed by atoms with Gasteiger partial charge in [0.1, 0.15) is 11.4 Å². The van der Waals surface area contributed by atoms with Crippen molar-refractivity contribution in [3.8, 4) is 5.75 Å². The van der Waals surface area contributed by atoms with Gasteiger partial charge in [0, 0.05) is 0 Å². The largest absolute Gasteiger partial charge is 0.475 e. The number of aldehydes is 1. The molecule has 0 radical (unpaired) electrons. The molecule has 0 aromatic heterocycles. The van der Waals surface area contributed by atoms with E-state index in [1.165, 1.54) is 0 Å². The molecule has 1 aromatic carbocycles. The van der Waals surface area contributed by atoms with E-state index in [1.807, 2.05) is 13.0 Å². The fourth-order valence-corrected chi connectivity index (χ4v) is 1.54. The van der Waals surface area contributed by atoms with E-state index in [9.17, 15) is 9.59 Å². The molecule has 0 aliphatic heterocycles. The molecule has 0 unspecified atom stereocenters. The number of hydrogen-bond donors (Lipinski definition) is 0. The predicted molar refractivity (Wildman–Crippen MR) is 77.1 cm³/mol. The minimum Gasteiger partial charge on any atom is -0.475 e. The number of carbonyl (C=O) groups is 2. The smallest absolute Gasteiger partial charge is 0.350 e. The molecule has 0 aliphatic carbocycles. The van der Waals surface area contributed by atoms with Crippen LogP contribution in [0.25, 0.3) is 0 Å². The second kappa shape index (κ2) is 5.65. The number of carbonyl (C=O) groups excluding carboxylic acids is 2. The molecule has 0 amide bonds. The average molecular weight is 278 g/mol. The van der Waals surface area contributed by atoms with E-state index in [4.69, 9.17) is 9.47 Å². The third-order valence-corrected chi connectivity index (χ3v) is 2.55. The van der Waals surface area contributed by atoms with Crippen LogP contribution in [0.2, 0.25) is 0 Å². The molecular formula is C16H22O4. The summed E-state index contributed by atoms with van der Waals surface area (Å²) in [5.74, 6) is -0.0841. The van der Waals surface area contributed by atoms with Crippen LogP contribution >= 0.6 is 0 Å². The Morgan fingerprint density at radius 2 is 1.75 bits per heavy atom. The highest BCUT2D eigenvalue weighted by Crippen LogP contribution is 2.25. The topological polar surface area (TPSA) is 52.6 Å². The summed E-state index contributed by atoms with van der Waals surface area (Å²) < 4.78 is 11.0. The second-order valence-corrected chi connectivity index (χ2v) is 6.27. The Labute approximate surface area is 120 Å². The number of esters is 1. The number of hydrogen-bond acceptors (Lipinski definition) is 4. The van der Waals surface area contributed by atoms with Crippen LogP contribution in [0.4, 0.5) is 0 Å². The summed E-state index contributed by atoms with van der Waals surface area (Å²) in [7, 11) is 0. The van der Waals surface area contributed by atoms with Gasteiger partial charge in [0.05, 0.1) is 5.56 Å². The molecule has 0 fully saturated rings. The van der Waals surface area contributed by atoms with Crippen molar-refractivity contribution in [2.24, 2.45) is 0 Å². The van der Waals surface area contributed by atoms with E-state index in [0.29, 0.717) is 17.6 Å². The first-order valence-corrected chi connectivity index (χ1v) is 6.53. The Balaban J connectivity index is 2.98. The van der Waals surface area contributed by atoms with E-state index < -0.39 is 17.2 Å². The van der Waals surface area contributed by atoms with Gasteiger partial charge in [-0.05, 0) is 59.2 Å². The normalized spacial score (nSPS) is 11.9. The summed E-state index contributed by atoms with van der Waals surface area (Å²) in [6.45, 7) is 10.5. The number of aryl methyl sites for hydroxylation is 1. The van der Waals surface area contributed by atoms with Crippen molar-refractivity contribution in [2.75, 3.05) is 0 Å². The predicted octanol–water partition coefficient (Wildman–Crippen LogP) is 3.31. The lowest BCUT2D eigenvalue weighted by molar-refractivity contribution is -0.170. The van der Waals surface area contributed by atoms with Crippen molar-refractivity contribution in [3.05, 3.63) is 29.3 Å². The lowest BCUT2D eigenvalue weighted by atomic mass is 10.1. The molecule has 0 heterocycles. The Morgan fingerprint density at radius 3 is 2.25 bits per heavy atom. The van der Waals surface area contributed by atoms with Crippen molar-refractivity contribution in [3.63, 3.8) is 0 Å². The fourth-order valence-electron chi connectivity index (χ4n) is 1.54. The molecule has 110 valence electrons. The van der Waals surface area contributed by atoms with Crippen molar-refractivity contribution >= 4 is 12.3 Å². The van der Waals surface area contributed by atoms with Gasteiger partial charge in [-0.15, -0.1) is 0 Å². The van der Waals surface area contributed by atoms with Gasteiger partial charge >= 0.3 is 5.97 Å². The Bertz CT molecular complexity index is 510. The Hall–Kier alpha value is -1.84. The molecule has 20 heavy (non-hydrogen) atoms. The lowest BCUT2D eigenvalue weighted by Gasteiger charge is -2.29. The maximum atomic E-state index is 12.1. The van der Waals surface area contributed by atoms with Crippen LogP contribution in [0.1, 0.15) is 50.5 Å². The third kappa shape index (κ3) is 4.37. The van der Waals surface area contributed by atoms with Crippen LogP contribution in [-0.4, -0.2) is 23.5 Å². The number of benzene rings is 1. The highest BCUT2D eigenvalue weighted by Gasteiger charge is 2.35. The second-order valence-electron chi connectivity index (χ2n) is 6.27. The SMILES string of the molecule is Cc1ccc(C=O)c(OC(C)(C)C(=O)OC(C)(C)C)c1. The van der Waals surface area contributed by atoms with Gasteiger partial charge in [-0.3, -0.25) is 4.79 Å². The Morgan fingerprint density at radius 1 is 1.15 bits per heavy atom. The first-order chi connectivity index (χ1) is 9.05. The molecule has 1 aromatic rings. The summed E-state index contributed by atoms with van der Waals surface area (Å²) in [5.41, 5.74) is -0.394. The van der Waals surface area contributed by atoms with E-state index >= 15 is 0 Å². The number of rotatable bonds is 4. The summed E-state index contributed by atoms with van der Waals surface area (Å²) in [4.78, 5) is 23.2. The zero-order valence-electron chi connectivity index (χ0n) is 12.9. The molecule has 0 saturated heterocycles. The minimum atomic E-state index is -1.17. The van der Waals surface area contributed by atoms with Gasteiger partial charge in [0.15, 0.2) is 11.9 Å². The van der Waals surface area contributed by atoms with Gasteiger partial charge in [0.2, 0.25) is 0 Å². The summed E-state index contributed by atoms with van der Waals surface area (Å²) in [5, 5.41) is 0. The van der Waals surface area contributed by atoms with E-state index in [0.717, 1.165) is 5.56 Å². The maximum absolute atomic E-state index is 12.1. The zero-order valence-corrected chi connectivity index (χ0v) is 12.9. The average Bonchev–Trinajstić information content (AvgIpc) is 2.26. The van der Waals surface area contributed by atoms with Crippen molar-refractivity contribution < 1.29 is 19.1 Å². The van der Waals surface area contributed by atoms with Gasteiger partial charge < -0.3 is 9.47 Å². The van der Waals surface area contributed by atoms with Gasteiger partial charge in [-0.2, -0.15) is 0 Å². The summed E-state index contributed by atoms with van der Waals surface area (Å²) >= 11 is 0. The van der Waals surface area contributed by atoms with Crippen LogP contribution in [0.3, 0.4) is 0 Å². The molecule has 0 atom stereocenters. The van der Waals surface area contributed by atoms with Gasteiger partial charge in [-0.1, -0.05) is 6.07 Å². The molecule has 4 heteroatoms. The molecule has 0 N–H and O–H groups in total. The van der Waals surface area contributed by atoms with Crippen LogP contribution in [0.15, 0.2) is 18.2 Å². The summed E-state index contributed by atoms with van der Waals surface area (Å²) in [6, 6.07) is 5.22. The van der Waals surface area contributed by atoms with E-state index in [-0.39, 0.29) is 0 Å². The van der Waals surface area contributed by atoms with Crippen LogP contribution in [0.5, 0.6) is 5.75 Å². The minimum absolute atomic E-state index is 0.385. The highest BCUT2D eigenvalue weighted by atomic mass is 16.6. The molecule has 0 saturated carbocycles. The molecule has 0 bridgehead atoms. The molecule has 0 aliphatic rings. The first-order valence-electron chi connectivity index (χ1n) is 6.53. The molecule has 4 nitrogen and oxygen atoms in total. The van der Waals surface area contributed by atoms with Crippen LogP contribution in [-0.2, 0) is 9.53 Å². The monoisotopic (exact) mass is 278 g/mol. The standard InChI is InChI=1S/C16H22O4/c1-11-7-8-12(10-17)13(9-11)19-16(5,6)14(18)20-15(2,3)4/h7-10H,1-6H3. The highest BCUT2D eigenvalue weighted by molar-refractivity contribution is 5.82. The van der Waals surface area contributed by atoms with Gasteiger partial charge in [-0.25, -0.2) is 4.79 Å². The third-order valence-electron chi connectivity index (χ3n) is 2.55. The van der Waals surface area contributed by atoms with Crippen LogP contribution < -0.4 is 4.74 Å². The Kier molecular flexibility index (Phi) is 4.58. The summed E-state index contributed by atoms with van der Waals surface area (Å²) in [6.07, 6.45) is 0.708. The molecule has 0 spiro atoms. The van der Waals surface area contributed by atoms with E-state index in [2.05, 4.69) is 0 Å². The lowest BCUT2D eigenvalue weighted by Crippen LogP contribution is -2.43. The maximum Gasteiger partial charge on any atom is 0.350 e. The fraction of sp³-hybridized carbons (Fsp3) is 0.500. The van der Waals surface area contributed by atoms with Crippen molar-refractivity contribution in [1.29, 1.82) is 0 Å². The van der Waals surface area contributed by atoms with Crippen LogP contribution in [0, 0.1) is 6.92 Å². The van der Waals surface area contributed by atoms with Gasteiger partial charge in [0.25, 0.3) is 0 Å². The molecular weight excluding hydrogens is 256 g/mol. The van der Waals surface area contributed by atoms with E-state index in [1.54, 1.807) is 46.8 Å². The molecule has 1 rings (SSSR count). The van der Waals surface area contributed by atoms with Crippen molar-refractivity contribution in [1.82, 2.24) is 0 Å². The number of ether oxygens (including phenoxy) is 2. The first kappa shape index (κ1) is 16.2. The zero-order chi connectivity index (χ0) is 15.6. The quantitative estimate of drug-likeness (QED) is 0.626. The van der Waals surface area contributed by atoms with Crippen molar-refractivity contribution in [2.45, 2.75) is 52.7 Å².